The van der Waals surface area contributed by atoms with E-state index in [4.69, 9.17) is 11.6 Å². The largest absolute Gasteiger partial charge is 0.342 e. The Hall–Kier alpha value is -3.44. The number of nitro benzene ring substituents is 1. The number of carbonyl (C=O) groups is 2. The second kappa shape index (κ2) is 11.3. The van der Waals surface area contributed by atoms with Crippen LogP contribution in [0.3, 0.4) is 0 Å². The molecule has 3 rings (SSSR count). The van der Waals surface area contributed by atoms with E-state index in [-0.39, 0.29) is 29.2 Å². The number of nitrogens with one attached hydrogen (secondary N) is 2. The zero-order valence-electron chi connectivity index (χ0n) is 19.6. The molecule has 0 spiro atoms. The lowest BCUT2D eigenvalue weighted by Gasteiger charge is -2.21. The highest BCUT2D eigenvalue weighted by atomic mass is 35.5. The van der Waals surface area contributed by atoms with Crippen molar-refractivity contribution in [2.45, 2.75) is 32.0 Å². The maximum absolute atomic E-state index is 12.7. The minimum absolute atomic E-state index is 0.0282. The van der Waals surface area contributed by atoms with Crippen LogP contribution in [0.5, 0.6) is 0 Å². The molecule has 0 bridgehead atoms. The number of benzene rings is 2. The number of non-ortho nitro benzene ring substituents is 1. The number of thioether (sulfide) groups is 1. The summed E-state index contributed by atoms with van der Waals surface area (Å²) in [6.07, 6.45) is 0. The summed E-state index contributed by atoms with van der Waals surface area (Å²) in [5.41, 5.74) is 1.54. The van der Waals surface area contributed by atoms with Crippen LogP contribution in [-0.2, 0) is 11.8 Å². The first-order valence-corrected chi connectivity index (χ1v) is 12.1. The standard InChI is InChI=1S/C23H25ClN6O4S/c1-13(2)20(26-22(32)15-5-7-16(24)8-6-15)21-27-28-23(29(21)4)35-12-19(31)25-18-10-9-17(30(33)34)11-14(18)3/h5-11,13,20H,12H2,1-4H3,(H,25,31)(H,26,32)/t20-/m1/s1. The summed E-state index contributed by atoms with van der Waals surface area (Å²) in [7, 11) is 1.78. The van der Waals surface area contributed by atoms with E-state index in [1.165, 1.54) is 30.0 Å². The van der Waals surface area contributed by atoms with E-state index in [0.29, 0.717) is 32.8 Å². The van der Waals surface area contributed by atoms with Gasteiger partial charge in [-0.3, -0.25) is 19.7 Å². The first-order valence-electron chi connectivity index (χ1n) is 10.7. The predicted octanol–water partition coefficient (Wildman–Crippen LogP) is 4.54. The molecule has 0 fully saturated rings. The molecule has 0 unspecified atom stereocenters. The molecule has 12 heteroatoms. The van der Waals surface area contributed by atoms with Crippen LogP contribution in [0.2, 0.25) is 5.02 Å². The topological polar surface area (TPSA) is 132 Å². The van der Waals surface area contributed by atoms with Gasteiger partial charge in [-0.15, -0.1) is 10.2 Å². The van der Waals surface area contributed by atoms with Gasteiger partial charge in [-0.2, -0.15) is 0 Å². The summed E-state index contributed by atoms with van der Waals surface area (Å²) < 4.78 is 1.75. The number of anilines is 1. The maximum atomic E-state index is 12.7. The molecule has 0 aliphatic heterocycles. The summed E-state index contributed by atoms with van der Waals surface area (Å²) in [6.45, 7) is 5.62. The molecule has 1 atom stereocenters. The van der Waals surface area contributed by atoms with Crippen LogP contribution < -0.4 is 10.6 Å². The number of aromatic nitrogens is 3. The van der Waals surface area contributed by atoms with E-state index in [9.17, 15) is 19.7 Å². The van der Waals surface area contributed by atoms with Crippen molar-refractivity contribution in [2.75, 3.05) is 11.1 Å². The fourth-order valence-corrected chi connectivity index (χ4v) is 4.14. The number of rotatable bonds is 9. The van der Waals surface area contributed by atoms with Crippen LogP contribution in [0, 0.1) is 23.0 Å². The first kappa shape index (κ1) is 26.2. The summed E-state index contributed by atoms with van der Waals surface area (Å²) in [4.78, 5) is 35.6. The minimum Gasteiger partial charge on any atom is -0.342 e. The lowest BCUT2D eigenvalue weighted by Crippen LogP contribution is -2.33. The lowest BCUT2D eigenvalue weighted by atomic mass is 10.0. The third-order valence-corrected chi connectivity index (χ3v) is 6.51. The van der Waals surface area contributed by atoms with Crippen molar-refractivity contribution in [1.29, 1.82) is 0 Å². The van der Waals surface area contributed by atoms with Gasteiger partial charge in [0.2, 0.25) is 5.91 Å². The quantitative estimate of drug-likeness (QED) is 0.242. The molecule has 0 saturated carbocycles. The third kappa shape index (κ3) is 6.58. The zero-order valence-corrected chi connectivity index (χ0v) is 21.2. The first-order chi connectivity index (χ1) is 16.6. The zero-order chi connectivity index (χ0) is 25.7. The molecule has 0 aliphatic carbocycles. The Bertz CT molecular complexity index is 1250. The van der Waals surface area contributed by atoms with Crippen molar-refractivity contribution >= 4 is 46.6 Å². The van der Waals surface area contributed by atoms with E-state index in [0.717, 1.165) is 0 Å². The molecule has 2 amide bonds. The fraction of sp³-hybridized carbons (Fsp3) is 0.304. The Morgan fingerprint density at radius 3 is 2.46 bits per heavy atom. The normalized spacial score (nSPS) is 11.8. The van der Waals surface area contributed by atoms with E-state index >= 15 is 0 Å². The van der Waals surface area contributed by atoms with Crippen molar-refractivity contribution in [1.82, 2.24) is 20.1 Å². The predicted molar refractivity (Wildman–Crippen MR) is 135 cm³/mol. The van der Waals surface area contributed by atoms with Crippen molar-refractivity contribution in [3.63, 3.8) is 0 Å². The molecule has 10 nitrogen and oxygen atoms in total. The van der Waals surface area contributed by atoms with Gasteiger partial charge in [-0.1, -0.05) is 37.2 Å². The Morgan fingerprint density at radius 2 is 1.86 bits per heavy atom. The molecular weight excluding hydrogens is 492 g/mol. The van der Waals surface area contributed by atoms with Gasteiger partial charge in [0, 0.05) is 35.5 Å². The lowest BCUT2D eigenvalue weighted by molar-refractivity contribution is -0.384. The molecule has 1 heterocycles. The molecule has 0 radical (unpaired) electrons. The van der Waals surface area contributed by atoms with Crippen molar-refractivity contribution in [2.24, 2.45) is 13.0 Å². The van der Waals surface area contributed by atoms with Crippen molar-refractivity contribution in [3.05, 3.63) is 74.6 Å². The van der Waals surface area contributed by atoms with Crippen LogP contribution in [0.4, 0.5) is 11.4 Å². The van der Waals surface area contributed by atoms with Gasteiger partial charge < -0.3 is 15.2 Å². The molecule has 35 heavy (non-hydrogen) atoms. The smallest absolute Gasteiger partial charge is 0.269 e. The maximum Gasteiger partial charge on any atom is 0.269 e. The average molecular weight is 517 g/mol. The minimum atomic E-state index is -0.484. The van der Waals surface area contributed by atoms with Gasteiger partial charge in [0.05, 0.1) is 16.7 Å². The summed E-state index contributed by atoms with van der Waals surface area (Å²) >= 11 is 7.10. The number of hydrogen-bond acceptors (Lipinski definition) is 7. The monoisotopic (exact) mass is 516 g/mol. The number of hydrogen-bond donors (Lipinski definition) is 2. The Morgan fingerprint density at radius 1 is 1.17 bits per heavy atom. The number of amides is 2. The van der Waals surface area contributed by atoms with Crippen LogP contribution in [0.25, 0.3) is 0 Å². The number of halogens is 1. The molecule has 184 valence electrons. The molecule has 2 aromatic carbocycles. The molecule has 2 N–H and O–H groups in total. The van der Waals surface area contributed by atoms with Gasteiger partial charge in [0.15, 0.2) is 11.0 Å². The summed E-state index contributed by atoms with van der Waals surface area (Å²) in [5, 5.41) is 26.2. The highest BCUT2D eigenvalue weighted by Crippen LogP contribution is 2.25. The molecule has 0 aliphatic rings. The Kier molecular flexibility index (Phi) is 8.47. The average Bonchev–Trinajstić information content (AvgIpc) is 3.17. The van der Waals surface area contributed by atoms with Gasteiger partial charge >= 0.3 is 0 Å². The van der Waals surface area contributed by atoms with E-state index in [2.05, 4.69) is 20.8 Å². The SMILES string of the molecule is Cc1cc([N+](=O)[O-])ccc1NC(=O)CSc1nnc([C@H](NC(=O)c2ccc(Cl)cc2)C(C)C)n1C. The number of carbonyl (C=O) groups excluding carboxylic acids is 2. The second-order valence-electron chi connectivity index (χ2n) is 8.20. The van der Waals surface area contributed by atoms with Crippen molar-refractivity contribution < 1.29 is 14.5 Å². The van der Waals surface area contributed by atoms with Gasteiger partial charge in [-0.25, -0.2) is 0 Å². The summed E-state index contributed by atoms with van der Waals surface area (Å²) in [5.74, 6) is 0.117. The highest BCUT2D eigenvalue weighted by Gasteiger charge is 2.25. The van der Waals surface area contributed by atoms with Crippen LogP contribution in [-0.4, -0.2) is 37.3 Å². The van der Waals surface area contributed by atoms with Crippen LogP contribution in [0.1, 0.15) is 41.6 Å². The second-order valence-corrected chi connectivity index (χ2v) is 9.57. The Balaban J connectivity index is 1.65. The third-order valence-electron chi connectivity index (χ3n) is 5.23. The van der Waals surface area contributed by atoms with Gasteiger partial charge in [-0.05, 0) is 48.7 Å². The van der Waals surface area contributed by atoms with Crippen LogP contribution in [0.15, 0.2) is 47.6 Å². The van der Waals surface area contributed by atoms with Crippen molar-refractivity contribution in [3.8, 4) is 0 Å². The summed E-state index contributed by atoms with van der Waals surface area (Å²) in [6, 6.07) is 10.5. The molecule has 1 aromatic heterocycles. The molecular formula is C23H25ClN6O4S. The number of aryl methyl sites for hydroxylation is 1. The van der Waals surface area contributed by atoms with Gasteiger partial charge in [0.25, 0.3) is 11.6 Å². The number of nitrogens with zero attached hydrogens (tertiary/aromatic N) is 4. The fourth-order valence-electron chi connectivity index (χ4n) is 3.30. The Labute approximate surface area is 211 Å². The molecule has 0 saturated heterocycles. The van der Waals surface area contributed by atoms with Crippen LogP contribution >= 0.6 is 23.4 Å². The number of nitro groups is 1. The van der Waals surface area contributed by atoms with E-state index in [1.807, 2.05) is 13.8 Å². The van der Waals surface area contributed by atoms with E-state index in [1.54, 1.807) is 42.8 Å². The van der Waals surface area contributed by atoms with Gasteiger partial charge in [0.1, 0.15) is 0 Å². The van der Waals surface area contributed by atoms with E-state index < -0.39 is 11.0 Å². The highest BCUT2D eigenvalue weighted by molar-refractivity contribution is 7.99. The molecule has 3 aromatic rings.